The van der Waals surface area contributed by atoms with Gasteiger partial charge in [0.2, 0.25) is 0 Å². The van der Waals surface area contributed by atoms with Crippen LogP contribution in [0.3, 0.4) is 0 Å². The van der Waals surface area contributed by atoms with Crippen LogP contribution in [0.1, 0.15) is 36.9 Å². The Balaban J connectivity index is 1.72. The van der Waals surface area contributed by atoms with Gasteiger partial charge in [0.1, 0.15) is 11.9 Å². The van der Waals surface area contributed by atoms with Gasteiger partial charge in [0, 0.05) is 24.9 Å². The first-order chi connectivity index (χ1) is 9.62. The fourth-order valence-electron chi connectivity index (χ4n) is 3.64. The van der Waals surface area contributed by atoms with Gasteiger partial charge in [0.15, 0.2) is 5.66 Å². The quantitative estimate of drug-likeness (QED) is 0.796. The minimum Gasteiger partial charge on any atom is -0.349 e. The molecule has 2 unspecified atom stereocenters. The number of nitrogens with zero attached hydrogens (tertiary/aromatic N) is 5. The summed E-state index contributed by atoms with van der Waals surface area (Å²) in [5, 5.41) is 18.1. The molecule has 2 atom stereocenters. The monoisotopic (exact) mass is 287 g/mol. The molecule has 3 aliphatic rings. The number of fused-ring (bicyclic) bond motifs is 2. The third-order valence-corrected chi connectivity index (χ3v) is 4.92. The van der Waals surface area contributed by atoms with Gasteiger partial charge in [0.05, 0.1) is 16.3 Å². The van der Waals surface area contributed by atoms with Gasteiger partial charge in [-0.2, -0.15) is 15.5 Å². The fraction of sp³-hybridized carbons (Fsp3) is 0.571. The zero-order chi connectivity index (χ0) is 13.9. The van der Waals surface area contributed by atoms with Crippen molar-refractivity contribution in [2.75, 3.05) is 4.90 Å². The zero-order valence-corrected chi connectivity index (χ0v) is 11.9. The van der Waals surface area contributed by atoms with Crippen LogP contribution in [-0.4, -0.2) is 22.7 Å². The number of halogens is 1. The van der Waals surface area contributed by atoms with Gasteiger partial charge in [-0.25, -0.2) is 4.98 Å². The lowest BCUT2D eigenvalue weighted by Gasteiger charge is -2.38. The summed E-state index contributed by atoms with van der Waals surface area (Å²) in [6.45, 7) is 1.86. The number of aromatic nitrogens is 1. The van der Waals surface area contributed by atoms with E-state index in [1.807, 2.05) is 6.92 Å². The molecule has 102 valence electrons. The Morgan fingerprint density at radius 3 is 2.55 bits per heavy atom. The molecule has 0 radical (unpaired) electrons. The third-order valence-electron chi connectivity index (χ3n) is 4.64. The summed E-state index contributed by atoms with van der Waals surface area (Å²) < 4.78 is 0. The Morgan fingerprint density at radius 2 is 2.00 bits per heavy atom. The van der Waals surface area contributed by atoms with Crippen molar-refractivity contribution < 1.29 is 0 Å². The van der Waals surface area contributed by atoms with Crippen molar-refractivity contribution in [3.63, 3.8) is 0 Å². The van der Waals surface area contributed by atoms with E-state index >= 15 is 0 Å². The van der Waals surface area contributed by atoms with Crippen molar-refractivity contribution in [3.8, 4) is 6.07 Å². The predicted octanol–water partition coefficient (Wildman–Crippen LogP) is 3.21. The topological polar surface area (TPSA) is 64.6 Å². The number of hydrogen-bond donors (Lipinski definition) is 0. The van der Waals surface area contributed by atoms with E-state index in [-0.39, 0.29) is 5.66 Å². The molecule has 0 amide bonds. The number of aryl methyl sites for hydroxylation is 1. The second-order valence-electron chi connectivity index (χ2n) is 5.92. The molecule has 2 bridgehead atoms. The molecule has 4 heterocycles. The fourth-order valence-corrected chi connectivity index (χ4v) is 3.89. The Morgan fingerprint density at radius 1 is 1.35 bits per heavy atom. The minimum absolute atomic E-state index is 0.0869. The Hall–Kier alpha value is -1.67. The molecule has 0 N–H and O–H groups in total. The molecule has 5 nitrogen and oxygen atoms in total. The maximum absolute atomic E-state index is 9.05. The summed E-state index contributed by atoms with van der Waals surface area (Å²) in [5.74, 6) is 0.825. The average Bonchev–Trinajstić information content (AvgIpc) is 3.11. The smallest absolute Gasteiger partial charge is 0.194 e. The molecule has 0 saturated carbocycles. The average molecular weight is 288 g/mol. The van der Waals surface area contributed by atoms with Gasteiger partial charge >= 0.3 is 0 Å². The first-order valence-electron chi connectivity index (χ1n) is 6.91. The minimum atomic E-state index is -0.0869. The lowest BCUT2D eigenvalue weighted by molar-refractivity contribution is 0.372. The van der Waals surface area contributed by atoms with E-state index in [2.05, 4.69) is 26.2 Å². The van der Waals surface area contributed by atoms with Crippen LogP contribution in [0.25, 0.3) is 0 Å². The number of anilines is 1. The van der Waals surface area contributed by atoms with E-state index in [9.17, 15) is 0 Å². The van der Waals surface area contributed by atoms with Crippen molar-refractivity contribution in [2.45, 2.75) is 50.4 Å². The van der Waals surface area contributed by atoms with Crippen LogP contribution < -0.4 is 4.90 Å². The van der Waals surface area contributed by atoms with Gasteiger partial charge < -0.3 is 4.90 Å². The van der Waals surface area contributed by atoms with E-state index < -0.39 is 0 Å². The standard InChI is InChI=1S/C14H14ClN5/c1-8-9(7-16)4-12(15)13(17-8)20-10-2-3-11(20)6-14(5-10)18-19-14/h4,10-11H,2-3,5-6H2,1H3. The van der Waals surface area contributed by atoms with Crippen LogP contribution in [-0.2, 0) is 0 Å². The normalized spacial score (nSPS) is 28.8. The lowest BCUT2D eigenvalue weighted by atomic mass is 9.94. The van der Waals surface area contributed by atoms with E-state index in [0.717, 1.165) is 37.2 Å². The maximum atomic E-state index is 9.05. The summed E-state index contributed by atoms with van der Waals surface area (Å²) in [6.07, 6.45) is 4.24. The highest BCUT2D eigenvalue weighted by Gasteiger charge is 2.54. The first kappa shape index (κ1) is 12.1. The second-order valence-corrected chi connectivity index (χ2v) is 6.33. The first-order valence-corrected chi connectivity index (χ1v) is 7.29. The van der Waals surface area contributed by atoms with Crippen LogP contribution in [0, 0.1) is 18.3 Å². The summed E-state index contributed by atoms with van der Waals surface area (Å²) in [5.41, 5.74) is 1.20. The summed E-state index contributed by atoms with van der Waals surface area (Å²) in [6, 6.07) is 4.70. The summed E-state index contributed by atoms with van der Waals surface area (Å²) in [4.78, 5) is 6.92. The van der Waals surface area contributed by atoms with Crippen LogP contribution in [0.5, 0.6) is 0 Å². The molecular formula is C14H14ClN5. The molecule has 1 aromatic rings. The van der Waals surface area contributed by atoms with E-state index in [4.69, 9.17) is 16.9 Å². The number of rotatable bonds is 1. The number of piperidine rings is 1. The van der Waals surface area contributed by atoms with Gasteiger partial charge in [-0.1, -0.05) is 11.6 Å². The Kier molecular flexibility index (Phi) is 2.37. The van der Waals surface area contributed by atoms with E-state index in [1.54, 1.807) is 6.07 Å². The van der Waals surface area contributed by atoms with Gasteiger partial charge in [-0.05, 0) is 25.8 Å². The molecule has 6 heteroatoms. The van der Waals surface area contributed by atoms with E-state index in [1.165, 1.54) is 0 Å². The summed E-state index contributed by atoms with van der Waals surface area (Å²) >= 11 is 6.36. The summed E-state index contributed by atoms with van der Waals surface area (Å²) in [7, 11) is 0. The third kappa shape index (κ3) is 1.64. The van der Waals surface area contributed by atoms with Crippen LogP contribution in [0.2, 0.25) is 5.02 Å². The Labute approximate surface area is 122 Å². The SMILES string of the molecule is Cc1nc(N2C3CCC2CC2(C3)N=N2)c(Cl)cc1C#N. The largest absolute Gasteiger partial charge is 0.349 e. The van der Waals surface area contributed by atoms with Crippen molar-refractivity contribution >= 4 is 17.4 Å². The highest BCUT2D eigenvalue weighted by atomic mass is 35.5. The molecule has 2 saturated heterocycles. The van der Waals surface area contributed by atoms with Gasteiger partial charge in [-0.15, -0.1) is 0 Å². The lowest BCUT2D eigenvalue weighted by Crippen LogP contribution is -2.46. The number of nitriles is 1. The van der Waals surface area contributed by atoms with E-state index in [0.29, 0.717) is 22.7 Å². The maximum Gasteiger partial charge on any atom is 0.194 e. The molecule has 1 spiro atoms. The molecule has 0 aromatic carbocycles. The molecule has 20 heavy (non-hydrogen) atoms. The number of pyridine rings is 1. The molecule has 2 fully saturated rings. The predicted molar refractivity (Wildman–Crippen MR) is 74.8 cm³/mol. The zero-order valence-electron chi connectivity index (χ0n) is 11.2. The van der Waals surface area contributed by atoms with Crippen molar-refractivity contribution in [2.24, 2.45) is 10.2 Å². The highest BCUT2D eigenvalue weighted by molar-refractivity contribution is 6.33. The van der Waals surface area contributed by atoms with Crippen LogP contribution in [0.15, 0.2) is 16.3 Å². The molecule has 3 aliphatic heterocycles. The molecule has 0 aliphatic carbocycles. The molecular weight excluding hydrogens is 274 g/mol. The second kappa shape index (κ2) is 3.92. The van der Waals surface area contributed by atoms with Gasteiger partial charge in [-0.3, -0.25) is 0 Å². The van der Waals surface area contributed by atoms with Crippen molar-refractivity contribution in [1.29, 1.82) is 5.26 Å². The molecule has 1 aromatic heterocycles. The number of hydrogen-bond acceptors (Lipinski definition) is 5. The molecule has 4 rings (SSSR count). The van der Waals surface area contributed by atoms with Crippen LogP contribution in [0.4, 0.5) is 5.82 Å². The highest BCUT2D eigenvalue weighted by Crippen LogP contribution is 2.51. The van der Waals surface area contributed by atoms with Gasteiger partial charge in [0.25, 0.3) is 0 Å². The van der Waals surface area contributed by atoms with Crippen molar-refractivity contribution in [1.82, 2.24) is 4.98 Å². The van der Waals surface area contributed by atoms with Crippen LogP contribution >= 0.6 is 11.6 Å². The Bertz CT molecular complexity index is 640. The van der Waals surface area contributed by atoms with Crippen molar-refractivity contribution in [3.05, 3.63) is 22.3 Å².